The summed E-state index contributed by atoms with van der Waals surface area (Å²) in [5.41, 5.74) is 1.58. The lowest BCUT2D eigenvalue weighted by Crippen LogP contribution is -2.39. The number of anilines is 1. The number of carbonyl (C=O) groups is 1. The van der Waals surface area contributed by atoms with Gasteiger partial charge in [0, 0.05) is 26.1 Å². The highest BCUT2D eigenvalue weighted by atomic mass is 35.5. The molecule has 1 atom stereocenters. The lowest BCUT2D eigenvalue weighted by molar-refractivity contribution is -0.117. The second-order valence-corrected chi connectivity index (χ2v) is 6.40. The van der Waals surface area contributed by atoms with Crippen molar-refractivity contribution in [1.29, 1.82) is 0 Å². The Kier molecular flexibility index (Phi) is 6.02. The maximum absolute atomic E-state index is 13.0. The van der Waals surface area contributed by atoms with E-state index in [0.717, 1.165) is 12.1 Å². The van der Waals surface area contributed by atoms with Gasteiger partial charge in [0.2, 0.25) is 5.91 Å². The summed E-state index contributed by atoms with van der Waals surface area (Å²) in [6.07, 6.45) is 0.280. The second kappa shape index (κ2) is 8.43. The Hall–Kier alpha value is -1.95. The van der Waals surface area contributed by atoms with Gasteiger partial charge in [-0.3, -0.25) is 9.69 Å². The first-order valence-corrected chi connectivity index (χ1v) is 8.63. The number of nitrogens with one attached hydrogen (secondary N) is 1. The number of nitrogens with zero attached hydrogens (tertiary/aromatic N) is 1. The van der Waals surface area contributed by atoms with E-state index in [0.29, 0.717) is 36.8 Å². The predicted molar refractivity (Wildman–Crippen MR) is 96.2 cm³/mol. The average molecular weight is 363 g/mol. The molecule has 25 heavy (non-hydrogen) atoms. The molecule has 3 rings (SSSR count). The first-order valence-electron chi connectivity index (χ1n) is 8.25. The Morgan fingerprint density at radius 2 is 2.00 bits per heavy atom. The minimum Gasteiger partial charge on any atom is -0.371 e. The zero-order valence-electron chi connectivity index (χ0n) is 13.8. The SMILES string of the molecule is O=C(CCN1CCOC(c2ccc(F)cc2)C1)Nc1ccccc1Cl. The van der Waals surface area contributed by atoms with Crippen LogP contribution in [0.5, 0.6) is 0 Å². The smallest absolute Gasteiger partial charge is 0.225 e. The van der Waals surface area contributed by atoms with E-state index in [1.807, 2.05) is 12.1 Å². The Morgan fingerprint density at radius 3 is 2.76 bits per heavy atom. The molecule has 0 bridgehead atoms. The van der Waals surface area contributed by atoms with Crippen molar-refractivity contribution < 1.29 is 13.9 Å². The molecule has 2 aromatic carbocycles. The third kappa shape index (κ3) is 5.01. The third-order valence-electron chi connectivity index (χ3n) is 4.20. The van der Waals surface area contributed by atoms with Gasteiger partial charge in [-0.2, -0.15) is 0 Å². The fraction of sp³-hybridized carbons (Fsp3) is 0.316. The minimum absolute atomic E-state index is 0.0714. The maximum atomic E-state index is 13.0. The van der Waals surface area contributed by atoms with Crippen LogP contribution < -0.4 is 5.32 Å². The molecule has 0 saturated carbocycles. The molecule has 1 saturated heterocycles. The van der Waals surface area contributed by atoms with Crippen molar-refractivity contribution in [3.05, 3.63) is 64.9 Å². The van der Waals surface area contributed by atoms with Crippen LogP contribution in [0, 0.1) is 5.82 Å². The van der Waals surface area contributed by atoms with Crippen molar-refractivity contribution in [3.8, 4) is 0 Å². The van der Waals surface area contributed by atoms with Crippen LogP contribution in [0.4, 0.5) is 10.1 Å². The molecule has 6 heteroatoms. The lowest BCUT2D eigenvalue weighted by atomic mass is 10.1. The van der Waals surface area contributed by atoms with Crippen LogP contribution in [0.15, 0.2) is 48.5 Å². The molecule has 1 amide bonds. The van der Waals surface area contributed by atoms with E-state index >= 15 is 0 Å². The van der Waals surface area contributed by atoms with Crippen molar-refractivity contribution in [2.24, 2.45) is 0 Å². The summed E-state index contributed by atoms with van der Waals surface area (Å²) in [6.45, 7) is 2.69. The van der Waals surface area contributed by atoms with E-state index in [2.05, 4.69) is 10.2 Å². The maximum Gasteiger partial charge on any atom is 0.225 e. The van der Waals surface area contributed by atoms with Crippen LogP contribution in [-0.2, 0) is 9.53 Å². The van der Waals surface area contributed by atoms with Crippen molar-refractivity contribution in [2.45, 2.75) is 12.5 Å². The fourth-order valence-corrected chi connectivity index (χ4v) is 3.00. The van der Waals surface area contributed by atoms with Gasteiger partial charge in [0.05, 0.1) is 23.4 Å². The molecule has 4 nitrogen and oxygen atoms in total. The number of hydrogen-bond acceptors (Lipinski definition) is 3. The summed E-state index contributed by atoms with van der Waals surface area (Å²) in [4.78, 5) is 14.3. The number of rotatable bonds is 5. The lowest BCUT2D eigenvalue weighted by Gasteiger charge is -2.33. The molecule has 0 aliphatic carbocycles. The number of hydrogen-bond donors (Lipinski definition) is 1. The molecule has 1 heterocycles. The number of carbonyl (C=O) groups excluding carboxylic acids is 1. The summed E-state index contributed by atoms with van der Waals surface area (Å²) in [6, 6.07) is 13.5. The van der Waals surface area contributed by atoms with Crippen LogP contribution in [0.2, 0.25) is 5.02 Å². The predicted octanol–water partition coefficient (Wildman–Crippen LogP) is 3.88. The third-order valence-corrected chi connectivity index (χ3v) is 4.52. The van der Waals surface area contributed by atoms with E-state index in [9.17, 15) is 9.18 Å². The van der Waals surface area contributed by atoms with Gasteiger partial charge >= 0.3 is 0 Å². The van der Waals surface area contributed by atoms with Gasteiger partial charge in [-0.1, -0.05) is 35.9 Å². The summed E-state index contributed by atoms with van der Waals surface area (Å²) in [7, 11) is 0. The minimum atomic E-state index is -0.257. The van der Waals surface area contributed by atoms with Gasteiger partial charge in [-0.15, -0.1) is 0 Å². The fourth-order valence-electron chi connectivity index (χ4n) is 2.82. The summed E-state index contributed by atoms with van der Waals surface area (Å²) < 4.78 is 18.8. The van der Waals surface area contributed by atoms with E-state index in [-0.39, 0.29) is 17.8 Å². The Balaban J connectivity index is 1.50. The van der Waals surface area contributed by atoms with E-state index in [1.54, 1.807) is 24.3 Å². The van der Waals surface area contributed by atoms with Crippen LogP contribution in [0.1, 0.15) is 18.1 Å². The molecule has 1 unspecified atom stereocenters. The number of para-hydroxylation sites is 1. The van der Waals surface area contributed by atoms with E-state index in [1.165, 1.54) is 12.1 Å². The zero-order chi connectivity index (χ0) is 17.6. The Bertz CT molecular complexity index is 724. The number of ether oxygens (including phenoxy) is 1. The monoisotopic (exact) mass is 362 g/mol. The standard InChI is InChI=1S/C19H20ClFN2O2/c20-16-3-1-2-4-17(16)22-19(24)9-10-23-11-12-25-18(13-23)14-5-7-15(21)8-6-14/h1-8,18H,9-13H2,(H,22,24). The van der Waals surface area contributed by atoms with Crippen LogP contribution in [0.3, 0.4) is 0 Å². The highest BCUT2D eigenvalue weighted by Gasteiger charge is 2.22. The first kappa shape index (κ1) is 17.9. The van der Waals surface area contributed by atoms with Crippen LogP contribution in [0.25, 0.3) is 0 Å². The molecule has 1 aliphatic heterocycles. The van der Waals surface area contributed by atoms with Gasteiger partial charge in [-0.05, 0) is 29.8 Å². The quantitative estimate of drug-likeness (QED) is 0.877. The van der Waals surface area contributed by atoms with E-state index < -0.39 is 0 Å². The molecule has 0 spiro atoms. The van der Waals surface area contributed by atoms with Gasteiger partial charge in [0.15, 0.2) is 0 Å². The normalized spacial score (nSPS) is 18.1. The van der Waals surface area contributed by atoms with Crippen molar-refractivity contribution >= 4 is 23.2 Å². The molecule has 0 radical (unpaired) electrons. The summed E-state index contributed by atoms with van der Waals surface area (Å²) in [5.74, 6) is -0.328. The van der Waals surface area contributed by atoms with E-state index in [4.69, 9.17) is 16.3 Å². The molecule has 0 aromatic heterocycles. The highest BCUT2D eigenvalue weighted by Crippen LogP contribution is 2.23. The van der Waals surface area contributed by atoms with Crippen molar-refractivity contribution in [1.82, 2.24) is 4.90 Å². The van der Waals surface area contributed by atoms with Gasteiger partial charge in [-0.25, -0.2) is 4.39 Å². The second-order valence-electron chi connectivity index (χ2n) is 5.99. The molecule has 132 valence electrons. The number of benzene rings is 2. The summed E-state index contributed by atoms with van der Waals surface area (Å²) in [5, 5.41) is 3.35. The van der Waals surface area contributed by atoms with Gasteiger partial charge < -0.3 is 10.1 Å². The largest absolute Gasteiger partial charge is 0.371 e. The van der Waals surface area contributed by atoms with Crippen LogP contribution >= 0.6 is 11.6 Å². The van der Waals surface area contributed by atoms with Crippen molar-refractivity contribution in [3.63, 3.8) is 0 Å². The molecular formula is C19H20ClFN2O2. The number of amides is 1. The average Bonchev–Trinajstić information content (AvgIpc) is 2.63. The van der Waals surface area contributed by atoms with Gasteiger partial charge in [0.25, 0.3) is 0 Å². The molecular weight excluding hydrogens is 343 g/mol. The topological polar surface area (TPSA) is 41.6 Å². The number of morpholine rings is 1. The summed E-state index contributed by atoms with van der Waals surface area (Å²) >= 11 is 6.05. The Labute approximate surface area is 151 Å². The molecule has 2 aromatic rings. The first-order chi connectivity index (χ1) is 12.1. The van der Waals surface area contributed by atoms with Crippen LogP contribution in [-0.4, -0.2) is 37.0 Å². The molecule has 1 fully saturated rings. The number of halogens is 2. The molecule has 1 N–H and O–H groups in total. The van der Waals surface area contributed by atoms with Gasteiger partial charge in [0.1, 0.15) is 5.82 Å². The highest BCUT2D eigenvalue weighted by molar-refractivity contribution is 6.33. The Morgan fingerprint density at radius 1 is 1.24 bits per heavy atom. The zero-order valence-corrected chi connectivity index (χ0v) is 14.5. The van der Waals surface area contributed by atoms with Crippen molar-refractivity contribution in [2.75, 3.05) is 31.6 Å². The molecule has 1 aliphatic rings.